The first-order valence-corrected chi connectivity index (χ1v) is 6.40. The Morgan fingerprint density at radius 1 is 1.47 bits per heavy atom. The van der Waals surface area contributed by atoms with Crippen LogP contribution in [-0.2, 0) is 10.2 Å². The molecule has 6 nitrogen and oxygen atoms in total. The Kier molecular flexibility index (Phi) is 4.45. The number of pyridine rings is 1. The van der Waals surface area contributed by atoms with Crippen LogP contribution in [-0.4, -0.2) is 26.5 Å². The van der Waals surface area contributed by atoms with E-state index < -0.39 is 10.2 Å². The highest BCUT2D eigenvalue weighted by atomic mass is 79.9. The molecule has 0 aliphatic rings. The van der Waals surface area contributed by atoms with E-state index in [-0.39, 0.29) is 18.9 Å². The van der Waals surface area contributed by atoms with Crippen molar-refractivity contribution in [1.82, 2.24) is 9.71 Å². The Hall–Kier alpha value is -0.700. The summed E-state index contributed by atoms with van der Waals surface area (Å²) in [7, 11) is -3.57. The molecule has 0 unspecified atom stereocenters. The van der Waals surface area contributed by atoms with Gasteiger partial charge in [-0.05, 0) is 28.1 Å². The maximum atomic E-state index is 11.3. The fourth-order valence-electron chi connectivity index (χ4n) is 0.803. The summed E-state index contributed by atoms with van der Waals surface area (Å²) < 4.78 is 27.9. The Balaban J connectivity index is 2.65. The maximum Gasteiger partial charge on any atom is 0.300 e. The Bertz CT molecular complexity index is 406. The van der Waals surface area contributed by atoms with Crippen LogP contribution < -0.4 is 15.2 Å². The molecule has 0 aliphatic heterocycles. The molecule has 0 fully saturated rings. The first-order chi connectivity index (χ1) is 7.03. The van der Waals surface area contributed by atoms with Crippen LogP contribution in [0.5, 0.6) is 0 Å². The Labute approximate surface area is 96.6 Å². The fourth-order valence-corrected chi connectivity index (χ4v) is 1.89. The lowest BCUT2D eigenvalue weighted by atomic mass is 10.5. The average molecular weight is 295 g/mol. The van der Waals surface area contributed by atoms with E-state index >= 15 is 0 Å². The molecule has 0 atom stereocenters. The second kappa shape index (κ2) is 5.40. The summed E-state index contributed by atoms with van der Waals surface area (Å²) in [5, 5.41) is 0. The van der Waals surface area contributed by atoms with Crippen molar-refractivity contribution in [1.29, 1.82) is 0 Å². The minimum Gasteiger partial charge on any atom is -0.329 e. The van der Waals surface area contributed by atoms with Gasteiger partial charge in [0.25, 0.3) is 10.2 Å². The van der Waals surface area contributed by atoms with Crippen molar-refractivity contribution in [2.24, 2.45) is 5.73 Å². The maximum absolute atomic E-state index is 11.3. The van der Waals surface area contributed by atoms with Gasteiger partial charge in [0.15, 0.2) is 0 Å². The van der Waals surface area contributed by atoms with Crippen LogP contribution in [0, 0.1) is 0 Å². The first-order valence-electron chi connectivity index (χ1n) is 4.12. The number of halogens is 1. The zero-order chi connectivity index (χ0) is 11.3. The van der Waals surface area contributed by atoms with E-state index in [9.17, 15) is 8.42 Å². The summed E-state index contributed by atoms with van der Waals surface area (Å²) in [6, 6.07) is 3.24. The van der Waals surface area contributed by atoms with Gasteiger partial charge in [-0.15, -0.1) is 0 Å². The number of hydrogen-bond donors (Lipinski definition) is 3. The minimum atomic E-state index is -3.57. The van der Waals surface area contributed by atoms with Gasteiger partial charge in [0.1, 0.15) is 5.82 Å². The molecule has 0 spiro atoms. The standard InChI is InChI=1S/C7H11BrN4O2S/c8-6-1-2-7(10-5-6)12-15(13,14)11-4-3-9/h1-2,5,11H,3-4,9H2,(H,10,12). The zero-order valence-corrected chi connectivity index (χ0v) is 10.2. The number of nitrogens with two attached hydrogens (primary N) is 1. The summed E-state index contributed by atoms with van der Waals surface area (Å²) in [6.07, 6.45) is 1.50. The van der Waals surface area contributed by atoms with E-state index in [1.165, 1.54) is 6.20 Å². The molecule has 4 N–H and O–H groups in total. The van der Waals surface area contributed by atoms with Crippen LogP contribution in [0.25, 0.3) is 0 Å². The van der Waals surface area contributed by atoms with Gasteiger partial charge in [-0.3, -0.25) is 4.72 Å². The van der Waals surface area contributed by atoms with Gasteiger partial charge in [-0.25, -0.2) is 4.98 Å². The summed E-state index contributed by atoms with van der Waals surface area (Å²) in [5.41, 5.74) is 5.17. The van der Waals surface area contributed by atoms with E-state index in [0.717, 1.165) is 4.47 Å². The lowest BCUT2D eigenvalue weighted by Gasteiger charge is -2.07. The lowest BCUT2D eigenvalue weighted by molar-refractivity contribution is 0.587. The van der Waals surface area contributed by atoms with Gasteiger partial charge in [0, 0.05) is 23.8 Å². The summed E-state index contributed by atoms with van der Waals surface area (Å²) in [4.78, 5) is 3.86. The SMILES string of the molecule is NCCNS(=O)(=O)Nc1ccc(Br)cn1. The molecule has 0 amide bonds. The highest BCUT2D eigenvalue weighted by Crippen LogP contribution is 2.10. The summed E-state index contributed by atoms with van der Waals surface area (Å²) in [5.74, 6) is 0.253. The molecule has 1 aromatic heterocycles. The Morgan fingerprint density at radius 3 is 2.73 bits per heavy atom. The van der Waals surface area contributed by atoms with Crippen LogP contribution in [0.4, 0.5) is 5.82 Å². The van der Waals surface area contributed by atoms with Gasteiger partial charge in [0.2, 0.25) is 0 Å². The number of anilines is 1. The molecule has 8 heteroatoms. The van der Waals surface area contributed by atoms with Crippen LogP contribution >= 0.6 is 15.9 Å². The third-order valence-corrected chi connectivity index (χ3v) is 2.93. The molecule has 84 valence electrons. The predicted octanol–water partition coefficient (Wildman–Crippen LogP) is 0.0491. The monoisotopic (exact) mass is 294 g/mol. The van der Waals surface area contributed by atoms with Gasteiger partial charge < -0.3 is 5.73 Å². The fraction of sp³-hybridized carbons (Fsp3) is 0.286. The number of nitrogens with zero attached hydrogens (tertiary/aromatic N) is 1. The largest absolute Gasteiger partial charge is 0.329 e. The highest BCUT2D eigenvalue weighted by molar-refractivity contribution is 9.10. The molecular formula is C7H11BrN4O2S. The Morgan fingerprint density at radius 2 is 2.20 bits per heavy atom. The second-order valence-corrected chi connectivity index (χ2v) is 5.07. The van der Waals surface area contributed by atoms with Crippen LogP contribution in [0.2, 0.25) is 0 Å². The third-order valence-electron chi connectivity index (χ3n) is 1.40. The first kappa shape index (κ1) is 12.4. The number of nitrogens with one attached hydrogen (secondary N) is 2. The van der Waals surface area contributed by atoms with Crippen LogP contribution in [0.3, 0.4) is 0 Å². The van der Waals surface area contributed by atoms with Crippen LogP contribution in [0.15, 0.2) is 22.8 Å². The van der Waals surface area contributed by atoms with E-state index in [1.54, 1.807) is 12.1 Å². The van der Waals surface area contributed by atoms with E-state index in [1.807, 2.05) is 0 Å². The topological polar surface area (TPSA) is 97.1 Å². The van der Waals surface area contributed by atoms with Crippen molar-refractivity contribution in [3.8, 4) is 0 Å². The molecule has 0 bridgehead atoms. The quantitative estimate of drug-likeness (QED) is 0.715. The number of aromatic nitrogens is 1. The van der Waals surface area contributed by atoms with Crippen molar-refractivity contribution in [3.63, 3.8) is 0 Å². The molecule has 0 aliphatic carbocycles. The van der Waals surface area contributed by atoms with Gasteiger partial charge >= 0.3 is 0 Å². The summed E-state index contributed by atoms with van der Waals surface area (Å²) in [6.45, 7) is 0.431. The molecule has 1 aromatic rings. The lowest BCUT2D eigenvalue weighted by Crippen LogP contribution is -2.34. The van der Waals surface area contributed by atoms with Gasteiger partial charge in [0.05, 0.1) is 0 Å². The van der Waals surface area contributed by atoms with Gasteiger partial charge in [-0.2, -0.15) is 13.1 Å². The normalized spacial score (nSPS) is 11.3. The number of hydrogen-bond acceptors (Lipinski definition) is 4. The molecular weight excluding hydrogens is 284 g/mol. The average Bonchev–Trinajstić information content (AvgIpc) is 2.18. The molecule has 0 saturated heterocycles. The smallest absolute Gasteiger partial charge is 0.300 e. The van der Waals surface area contributed by atoms with E-state index in [2.05, 4.69) is 30.4 Å². The summed E-state index contributed by atoms with van der Waals surface area (Å²) >= 11 is 3.20. The third kappa shape index (κ3) is 4.56. The van der Waals surface area contributed by atoms with Crippen molar-refractivity contribution < 1.29 is 8.42 Å². The highest BCUT2D eigenvalue weighted by Gasteiger charge is 2.08. The van der Waals surface area contributed by atoms with Crippen molar-refractivity contribution >= 4 is 32.0 Å². The van der Waals surface area contributed by atoms with Crippen molar-refractivity contribution in [2.45, 2.75) is 0 Å². The van der Waals surface area contributed by atoms with Crippen molar-refractivity contribution in [3.05, 3.63) is 22.8 Å². The van der Waals surface area contributed by atoms with Crippen LogP contribution in [0.1, 0.15) is 0 Å². The van der Waals surface area contributed by atoms with Gasteiger partial charge in [-0.1, -0.05) is 0 Å². The van der Waals surface area contributed by atoms with Crippen molar-refractivity contribution in [2.75, 3.05) is 17.8 Å². The molecule has 0 radical (unpaired) electrons. The minimum absolute atomic E-state index is 0.186. The van der Waals surface area contributed by atoms with E-state index in [0.29, 0.717) is 0 Å². The molecule has 1 heterocycles. The molecule has 0 saturated carbocycles. The molecule has 0 aromatic carbocycles. The van der Waals surface area contributed by atoms with E-state index in [4.69, 9.17) is 5.73 Å². The number of rotatable bonds is 5. The predicted molar refractivity (Wildman–Crippen MR) is 61.5 cm³/mol. The molecule has 1 rings (SSSR count). The molecule has 15 heavy (non-hydrogen) atoms. The zero-order valence-electron chi connectivity index (χ0n) is 7.77. The second-order valence-electron chi connectivity index (χ2n) is 2.65.